The molecular formula is C19H24FN3O3S. The number of ether oxygens (including phenoxy) is 1. The fraction of sp³-hybridized carbons (Fsp3) is 0.474. The number of aryl methyl sites for hydroxylation is 3. The van der Waals surface area contributed by atoms with E-state index in [0.717, 1.165) is 23.6 Å². The molecule has 1 aliphatic heterocycles. The zero-order valence-electron chi connectivity index (χ0n) is 15.4. The summed E-state index contributed by atoms with van der Waals surface area (Å²) in [6.45, 7) is 4.52. The molecule has 0 unspecified atom stereocenters. The van der Waals surface area contributed by atoms with Crippen molar-refractivity contribution in [3.8, 4) is 0 Å². The van der Waals surface area contributed by atoms with Crippen molar-refractivity contribution in [2.24, 2.45) is 0 Å². The van der Waals surface area contributed by atoms with Crippen LogP contribution in [-0.4, -0.2) is 39.0 Å². The maximum absolute atomic E-state index is 14.3. The molecule has 146 valence electrons. The second-order valence-corrected chi connectivity index (χ2v) is 7.82. The molecule has 1 aromatic carbocycles. The summed E-state index contributed by atoms with van der Waals surface area (Å²) in [6, 6.07) is 6.35. The minimum absolute atomic E-state index is 0.0405. The minimum Gasteiger partial charge on any atom is -0.393 e. The maximum Gasteiger partial charge on any atom is 0.351 e. The molecule has 2 N–H and O–H groups in total. The lowest BCUT2D eigenvalue weighted by Gasteiger charge is -2.15. The first-order valence-corrected chi connectivity index (χ1v) is 9.99. The van der Waals surface area contributed by atoms with Gasteiger partial charge in [0.2, 0.25) is 0 Å². The maximum atomic E-state index is 14.3. The van der Waals surface area contributed by atoms with Crippen LogP contribution in [0.1, 0.15) is 29.3 Å². The van der Waals surface area contributed by atoms with Gasteiger partial charge < -0.3 is 15.2 Å². The van der Waals surface area contributed by atoms with Crippen LogP contribution in [-0.2, 0) is 11.2 Å². The molecule has 2 atom stereocenters. The van der Waals surface area contributed by atoms with Crippen LogP contribution in [0.5, 0.6) is 0 Å². The normalized spacial score (nSPS) is 19.4. The molecule has 0 aliphatic carbocycles. The Bertz CT molecular complexity index is 859. The second-order valence-electron chi connectivity index (χ2n) is 6.62. The van der Waals surface area contributed by atoms with E-state index in [1.807, 2.05) is 0 Å². The third kappa shape index (κ3) is 4.88. The third-order valence-electron chi connectivity index (χ3n) is 4.51. The summed E-state index contributed by atoms with van der Waals surface area (Å²) in [6.07, 6.45) is 2.18. The summed E-state index contributed by atoms with van der Waals surface area (Å²) in [5.74, 6) is -0.169. The molecule has 1 fully saturated rings. The Morgan fingerprint density at radius 3 is 2.96 bits per heavy atom. The van der Waals surface area contributed by atoms with Gasteiger partial charge in [0.05, 0.1) is 12.8 Å². The third-order valence-corrected chi connectivity index (χ3v) is 5.62. The Balaban J connectivity index is 1.58. The Morgan fingerprint density at radius 1 is 1.44 bits per heavy atom. The highest BCUT2D eigenvalue weighted by atomic mass is 32.2. The van der Waals surface area contributed by atoms with Gasteiger partial charge in [0.15, 0.2) is 11.6 Å². The van der Waals surface area contributed by atoms with Gasteiger partial charge in [0.1, 0.15) is 11.7 Å². The molecule has 0 bridgehead atoms. The molecule has 0 amide bonds. The van der Waals surface area contributed by atoms with Crippen LogP contribution in [0, 0.1) is 19.7 Å². The fourth-order valence-electron chi connectivity index (χ4n) is 3.07. The highest BCUT2D eigenvalue weighted by Gasteiger charge is 2.28. The number of aliphatic hydroxyl groups is 1. The summed E-state index contributed by atoms with van der Waals surface area (Å²) in [4.78, 5) is 16.0. The molecule has 0 radical (unpaired) electrons. The summed E-state index contributed by atoms with van der Waals surface area (Å²) in [5.41, 5.74) is 2.78. The van der Waals surface area contributed by atoms with Gasteiger partial charge >= 0.3 is 5.69 Å². The average Bonchev–Trinajstić information content (AvgIpc) is 3.11. The monoisotopic (exact) mass is 393 g/mol. The quantitative estimate of drug-likeness (QED) is 0.705. The standard InChI is InChI=1S/C19H24FN3O3S/c1-12-5-6-14(13(2)8-12)4-3-7-21-18-15(20)9-23(19(25)22-18)16-11-27-17(10-24)26-16/h5-6,8-9,16-17,24H,3-4,7,10-11H2,1-2H3,(H,21,22,25)/t16-,17+/m0/s1. The van der Waals surface area contributed by atoms with E-state index in [4.69, 9.17) is 9.84 Å². The van der Waals surface area contributed by atoms with Gasteiger partial charge in [-0.15, -0.1) is 11.8 Å². The Morgan fingerprint density at radius 2 is 2.26 bits per heavy atom. The van der Waals surface area contributed by atoms with E-state index in [9.17, 15) is 9.18 Å². The Hall–Kier alpha value is -1.90. The number of aliphatic hydroxyl groups excluding tert-OH is 1. The zero-order chi connectivity index (χ0) is 19.4. The minimum atomic E-state index is -0.611. The van der Waals surface area contributed by atoms with Crippen molar-refractivity contribution in [3.63, 3.8) is 0 Å². The number of halogens is 1. The lowest BCUT2D eigenvalue weighted by atomic mass is 10.0. The van der Waals surface area contributed by atoms with Crippen LogP contribution in [0.2, 0.25) is 0 Å². The molecule has 0 spiro atoms. The fourth-order valence-corrected chi connectivity index (χ4v) is 4.00. The lowest BCUT2D eigenvalue weighted by molar-refractivity contribution is -0.00678. The Labute approximate surface area is 161 Å². The first kappa shape index (κ1) is 19.9. The molecule has 1 aliphatic rings. The highest BCUT2D eigenvalue weighted by molar-refractivity contribution is 8.00. The number of nitrogens with one attached hydrogen (secondary N) is 1. The summed E-state index contributed by atoms with van der Waals surface area (Å²) >= 11 is 1.38. The van der Waals surface area contributed by atoms with Gasteiger partial charge in [0, 0.05) is 12.3 Å². The average molecular weight is 393 g/mol. The van der Waals surface area contributed by atoms with E-state index in [2.05, 4.69) is 42.3 Å². The van der Waals surface area contributed by atoms with Gasteiger partial charge in [-0.05, 0) is 37.8 Å². The SMILES string of the molecule is Cc1ccc(CCCNc2nc(=O)n([C@@H]3CS[C@H](CO)O3)cc2F)c(C)c1. The smallest absolute Gasteiger partial charge is 0.351 e. The predicted molar refractivity (Wildman–Crippen MR) is 105 cm³/mol. The largest absolute Gasteiger partial charge is 0.393 e. The van der Waals surface area contributed by atoms with Crippen molar-refractivity contribution in [2.45, 2.75) is 38.4 Å². The van der Waals surface area contributed by atoms with Crippen LogP contribution in [0.15, 0.2) is 29.2 Å². The van der Waals surface area contributed by atoms with Gasteiger partial charge in [-0.25, -0.2) is 9.18 Å². The van der Waals surface area contributed by atoms with Crippen LogP contribution >= 0.6 is 11.8 Å². The topological polar surface area (TPSA) is 76.4 Å². The first-order chi connectivity index (χ1) is 13.0. The van der Waals surface area contributed by atoms with Crippen molar-refractivity contribution in [2.75, 3.05) is 24.2 Å². The van der Waals surface area contributed by atoms with Crippen molar-refractivity contribution in [1.82, 2.24) is 9.55 Å². The number of aromatic nitrogens is 2. The first-order valence-electron chi connectivity index (χ1n) is 8.94. The Kier molecular flexibility index (Phi) is 6.51. The van der Waals surface area contributed by atoms with Crippen molar-refractivity contribution < 1.29 is 14.2 Å². The molecule has 27 heavy (non-hydrogen) atoms. The molecule has 2 aromatic rings. The van der Waals surface area contributed by atoms with E-state index < -0.39 is 23.2 Å². The summed E-state index contributed by atoms with van der Waals surface area (Å²) in [7, 11) is 0. The van der Waals surface area contributed by atoms with Gasteiger partial charge in [0.25, 0.3) is 0 Å². The zero-order valence-corrected chi connectivity index (χ0v) is 16.3. The van der Waals surface area contributed by atoms with E-state index >= 15 is 0 Å². The number of rotatable bonds is 7. The molecule has 0 saturated carbocycles. The molecule has 1 saturated heterocycles. The van der Waals surface area contributed by atoms with E-state index in [-0.39, 0.29) is 12.4 Å². The summed E-state index contributed by atoms with van der Waals surface area (Å²) in [5, 5.41) is 12.0. The van der Waals surface area contributed by atoms with Crippen molar-refractivity contribution in [1.29, 1.82) is 0 Å². The van der Waals surface area contributed by atoms with Crippen molar-refractivity contribution >= 4 is 17.6 Å². The number of thioether (sulfide) groups is 1. The summed E-state index contributed by atoms with van der Waals surface area (Å²) < 4.78 is 21.0. The van der Waals surface area contributed by atoms with Crippen molar-refractivity contribution in [3.05, 3.63) is 57.4 Å². The number of hydrogen-bond donors (Lipinski definition) is 2. The second kappa shape index (κ2) is 8.86. The van der Waals surface area contributed by atoms with Crippen LogP contribution in [0.25, 0.3) is 0 Å². The molecular weight excluding hydrogens is 369 g/mol. The number of hydrogen-bond acceptors (Lipinski definition) is 6. The van der Waals surface area contributed by atoms with Gasteiger partial charge in [-0.2, -0.15) is 4.98 Å². The molecule has 1 aromatic heterocycles. The van der Waals surface area contributed by atoms with Crippen LogP contribution < -0.4 is 11.0 Å². The molecule has 2 heterocycles. The predicted octanol–water partition coefficient (Wildman–Crippen LogP) is 2.62. The van der Waals surface area contributed by atoms with Gasteiger partial charge in [-0.1, -0.05) is 23.8 Å². The number of benzene rings is 1. The highest BCUT2D eigenvalue weighted by Crippen LogP contribution is 2.30. The molecule has 6 nitrogen and oxygen atoms in total. The van der Waals surface area contributed by atoms with E-state index in [1.165, 1.54) is 28.5 Å². The lowest BCUT2D eigenvalue weighted by Crippen LogP contribution is -2.30. The van der Waals surface area contributed by atoms with Gasteiger partial charge in [-0.3, -0.25) is 4.57 Å². The van der Waals surface area contributed by atoms with E-state index in [0.29, 0.717) is 12.3 Å². The number of nitrogens with zero attached hydrogens (tertiary/aromatic N) is 2. The van der Waals surface area contributed by atoms with E-state index in [1.54, 1.807) is 0 Å². The number of anilines is 1. The van der Waals surface area contributed by atoms with Crippen LogP contribution in [0.3, 0.4) is 0 Å². The molecule has 3 rings (SSSR count). The van der Waals surface area contributed by atoms with Crippen LogP contribution in [0.4, 0.5) is 10.2 Å². The molecule has 8 heteroatoms.